The lowest BCUT2D eigenvalue weighted by atomic mass is 9.88. The topological polar surface area (TPSA) is 56.0 Å². The molecule has 0 spiro atoms. The van der Waals surface area contributed by atoms with Crippen molar-refractivity contribution >= 4 is 17.4 Å². The molecule has 6 heteroatoms. The highest BCUT2D eigenvalue weighted by atomic mass is 35.5. The molecule has 1 aliphatic rings. The first-order valence-corrected chi connectivity index (χ1v) is 7.24. The van der Waals surface area contributed by atoms with Crippen molar-refractivity contribution in [1.29, 1.82) is 5.26 Å². The van der Waals surface area contributed by atoms with Crippen molar-refractivity contribution in [2.24, 2.45) is 0 Å². The molecule has 0 saturated heterocycles. The van der Waals surface area contributed by atoms with Gasteiger partial charge in [-0.15, -0.1) is 0 Å². The molecule has 0 amide bonds. The molecule has 1 saturated carbocycles. The molecule has 20 heavy (non-hydrogen) atoms. The van der Waals surface area contributed by atoms with Crippen LogP contribution in [0.15, 0.2) is 6.20 Å². The average molecular weight is 294 g/mol. The number of anilines is 1. The van der Waals surface area contributed by atoms with E-state index < -0.39 is 0 Å². The van der Waals surface area contributed by atoms with Crippen LogP contribution in [0.25, 0.3) is 0 Å². The monoisotopic (exact) mass is 293 g/mol. The molecule has 1 aliphatic carbocycles. The van der Waals surface area contributed by atoms with E-state index in [0.29, 0.717) is 12.1 Å². The van der Waals surface area contributed by atoms with Crippen molar-refractivity contribution in [2.75, 3.05) is 26.0 Å². The zero-order valence-electron chi connectivity index (χ0n) is 12.2. The van der Waals surface area contributed by atoms with E-state index in [-0.39, 0.29) is 10.8 Å². The second-order valence-corrected chi connectivity index (χ2v) is 5.83. The number of nitrogens with zero attached hydrogens (tertiary/aromatic N) is 5. The van der Waals surface area contributed by atoms with Gasteiger partial charge in [-0.25, -0.2) is 9.97 Å². The minimum Gasteiger partial charge on any atom is -0.354 e. The molecule has 1 aromatic rings. The molecule has 2 unspecified atom stereocenters. The predicted octanol–water partition coefficient (Wildman–Crippen LogP) is 2.31. The molecular formula is C14H20ClN5. The summed E-state index contributed by atoms with van der Waals surface area (Å²) in [5.41, 5.74) is 0.177. The van der Waals surface area contributed by atoms with Gasteiger partial charge in [0.1, 0.15) is 11.9 Å². The fourth-order valence-corrected chi connectivity index (χ4v) is 3.10. The summed E-state index contributed by atoms with van der Waals surface area (Å²) < 4.78 is 0. The van der Waals surface area contributed by atoms with Gasteiger partial charge in [0.05, 0.1) is 6.20 Å². The van der Waals surface area contributed by atoms with E-state index in [1.165, 1.54) is 19.3 Å². The summed E-state index contributed by atoms with van der Waals surface area (Å²) in [6, 6.07) is 2.84. The van der Waals surface area contributed by atoms with Gasteiger partial charge in [-0.05, 0) is 26.9 Å². The Morgan fingerprint density at radius 1 is 1.25 bits per heavy atom. The molecule has 2 atom stereocenters. The minimum absolute atomic E-state index is 0.175. The number of aromatic nitrogens is 2. The smallest absolute Gasteiger partial charge is 0.178 e. The summed E-state index contributed by atoms with van der Waals surface area (Å²) in [5, 5.41) is 9.03. The molecule has 108 valence electrons. The van der Waals surface area contributed by atoms with Gasteiger partial charge in [-0.3, -0.25) is 0 Å². The third-order valence-corrected chi connectivity index (χ3v) is 4.30. The number of halogens is 1. The van der Waals surface area contributed by atoms with E-state index in [2.05, 4.69) is 33.9 Å². The number of nitriles is 1. The summed E-state index contributed by atoms with van der Waals surface area (Å²) in [6.45, 7) is 0. The molecular weight excluding hydrogens is 274 g/mol. The van der Waals surface area contributed by atoms with Gasteiger partial charge in [-0.2, -0.15) is 5.26 Å². The van der Waals surface area contributed by atoms with Gasteiger partial charge in [0.15, 0.2) is 10.8 Å². The first-order chi connectivity index (χ1) is 9.54. The van der Waals surface area contributed by atoms with Crippen LogP contribution in [0.2, 0.25) is 5.15 Å². The van der Waals surface area contributed by atoms with Crippen molar-refractivity contribution in [3.63, 3.8) is 0 Å². The third kappa shape index (κ3) is 3.02. The van der Waals surface area contributed by atoms with E-state index in [4.69, 9.17) is 16.9 Å². The van der Waals surface area contributed by atoms with Crippen LogP contribution in [0.5, 0.6) is 0 Å². The van der Waals surface area contributed by atoms with Crippen molar-refractivity contribution in [3.05, 3.63) is 17.0 Å². The van der Waals surface area contributed by atoms with E-state index in [1.54, 1.807) is 6.20 Å². The molecule has 1 fully saturated rings. The van der Waals surface area contributed by atoms with Gasteiger partial charge in [0.25, 0.3) is 0 Å². The third-order valence-electron chi connectivity index (χ3n) is 4.04. The van der Waals surface area contributed by atoms with E-state index >= 15 is 0 Å². The second kappa shape index (κ2) is 6.38. The SMILES string of the molecule is CN(C)C1CCCCC1N(C)c1cnc(C#N)c(Cl)n1. The summed E-state index contributed by atoms with van der Waals surface area (Å²) in [4.78, 5) is 12.8. The van der Waals surface area contributed by atoms with Gasteiger partial charge < -0.3 is 9.80 Å². The molecule has 0 radical (unpaired) electrons. The first-order valence-electron chi connectivity index (χ1n) is 6.86. The summed E-state index contributed by atoms with van der Waals surface area (Å²) in [7, 11) is 6.27. The Hall–Kier alpha value is -1.38. The number of hydrogen-bond donors (Lipinski definition) is 0. The van der Waals surface area contributed by atoms with Crippen LogP contribution in [0.3, 0.4) is 0 Å². The normalized spacial score (nSPS) is 22.6. The van der Waals surface area contributed by atoms with E-state index in [0.717, 1.165) is 12.2 Å². The van der Waals surface area contributed by atoms with Gasteiger partial charge in [-0.1, -0.05) is 24.4 Å². The molecule has 0 aromatic carbocycles. The zero-order chi connectivity index (χ0) is 14.7. The first kappa shape index (κ1) is 15.0. The summed E-state index contributed by atoms with van der Waals surface area (Å²) >= 11 is 5.98. The molecule has 1 heterocycles. The van der Waals surface area contributed by atoms with Crippen LogP contribution in [0, 0.1) is 11.3 Å². The molecule has 2 rings (SSSR count). The molecule has 0 N–H and O–H groups in total. The molecule has 0 bridgehead atoms. The van der Waals surface area contributed by atoms with Crippen LogP contribution < -0.4 is 4.90 Å². The average Bonchev–Trinajstić information content (AvgIpc) is 2.46. The standard InChI is InChI=1S/C14H20ClN5/c1-19(2)11-6-4-5-7-12(11)20(3)13-9-17-10(8-16)14(15)18-13/h9,11-12H,4-7H2,1-3H3. The quantitative estimate of drug-likeness (QED) is 0.856. The predicted molar refractivity (Wildman–Crippen MR) is 79.9 cm³/mol. The van der Waals surface area contributed by atoms with Crippen molar-refractivity contribution < 1.29 is 0 Å². The number of rotatable bonds is 3. The van der Waals surface area contributed by atoms with Crippen LogP contribution >= 0.6 is 11.6 Å². The molecule has 1 aromatic heterocycles. The number of hydrogen-bond acceptors (Lipinski definition) is 5. The van der Waals surface area contributed by atoms with Crippen molar-refractivity contribution in [1.82, 2.24) is 14.9 Å². The van der Waals surface area contributed by atoms with Crippen LogP contribution in [-0.4, -0.2) is 48.1 Å². The van der Waals surface area contributed by atoms with Gasteiger partial charge in [0.2, 0.25) is 0 Å². The highest BCUT2D eigenvalue weighted by Gasteiger charge is 2.30. The lowest BCUT2D eigenvalue weighted by Gasteiger charge is -2.41. The van der Waals surface area contributed by atoms with Crippen molar-refractivity contribution in [3.8, 4) is 6.07 Å². The fourth-order valence-electron chi connectivity index (χ4n) is 2.92. The van der Waals surface area contributed by atoms with Crippen LogP contribution in [0.1, 0.15) is 31.4 Å². The van der Waals surface area contributed by atoms with E-state index in [1.807, 2.05) is 13.1 Å². The van der Waals surface area contributed by atoms with Gasteiger partial charge in [0, 0.05) is 19.1 Å². The Labute approximate surface area is 125 Å². The number of likely N-dealkylation sites (N-methyl/N-ethyl adjacent to an activating group) is 2. The maximum Gasteiger partial charge on any atom is 0.178 e. The Bertz CT molecular complexity index is 511. The largest absolute Gasteiger partial charge is 0.354 e. The molecule has 0 aliphatic heterocycles. The molecule has 5 nitrogen and oxygen atoms in total. The zero-order valence-corrected chi connectivity index (χ0v) is 12.9. The lowest BCUT2D eigenvalue weighted by molar-refractivity contribution is 0.197. The Morgan fingerprint density at radius 3 is 2.45 bits per heavy atom. The minimum atomic E-state index is 0.175. The summed E-state index contributed by atoms with van der Waals surface area (Å²) in [5.74, 6) is 0.729. The highest BCUT2D eigenvalue weighted by molar-refractivity contribution is 6.30. The van der Waals surface area contributed by atoms with Crippen LogP contribution in [0.4, 0.5) is 5.82 Å². The van der Waals surface area contributed by atoms with Gasteiger partial charge >= 0.3 is 0 Å². The maximum absolute atomic E-state index is 8.85. The fraction of sp³-hybridized carbons (Fsp3) is 0.643. The Kier molecular flexibility index (Phi) is 4.79. The maximum atomic E-state index is 8.85. The highest BCUT2D eigenvalue weighted by Crippen LogP contribution is 2.28. The van der Waals surface area contributed by atoms with E-state index in [9.17, 15) is 0 Å². The lowest BCUT2D eigenvalue weighted by Crippen LogP contribution is -2.50. The Morgan fingerprint density at radius 2 is 1.90 bits per heavy atom. The Balaban J connectivity index is 2.23. The second-order valence-electron chi connectivity index (χ2n) is 5.47. The summed E-state index contributed by atoms with van der Waals surface area (Å²) in [6.07, 6.45) is 6.47. The van der Waals surface area contributed by atoms with Crippen molar-refractivity contribution in [2.45, 2.75) is 37.8 Å². The van der Waals surface area contributed by atoms with Crippen LogP contribution in [-0.2, 0) is 0 Å².